The molecule has 2 atom stereocenters. The number of hydrogen-bond donors (Lipinski definition) is 2. The molecule has 2 unspecified atom stereocenters. The third kappa shape index (κ3) is 3.19. The summed E-state index contributed by atoms with van der Waals surface area (Å²) in [5.41, 5.74) is 7.57. The molecular weight excluding hydrogens is 242 g/mol. The summed E-state index contributed by atoms with van der Waals surface area (Å²) in [7, 11) is 0. The zero-order chi connectivity index (χ0) is 13.0. The highest BCUT2D eigenvalue weighted by Crippen LogP contribution is 2.29. The normalized spacial score (nSPS) is 23.6. The number of aromatic nitrogens is 1. The Labute approximate surface area is 114 Å². The van der Waals surface area contributed by atoms with Crippen LogP contribution in [0.3, 0.4) is 0 Å². The van der Waals surface area contributed by atoms with Crippen LogP contribution in [0.1, 0.15) is 38.2 Å². The van der Waals surface area contributed by atoms with E-state index in [2.05, 4.69) is 17.2 Å². The third-order valence-electron chi connectivity index (χ3n) is 3.93. The van der Waals surface area contributed by atoms with E-state index in [4.69, 9.17) is 18.0 Å². The van der Waals surface area contributed by atoms with E-state index in [9.17, 15) is 0 Å². The highest BCUT2D eigenvalue weighted by Gasteiger charge is 2.21. The first-order valence-corrected chi connectivity index (χ1v) is 7.07. The second-order valence-electron chi connectivity index (χ2n) is 5.19. The molecule has 0 spiro atoms. The van der Waals surface area contributed by atoms with Gasteiger partial charge < -0.3 is 11.1 Å². The van der Waals surface area contributed by atoms with E-state index < -0.39 is 0 Å². The second-order valence-corrected chi connectivity index (χ2v) is 5.63. The molecule has 0 aromatic carbocycles. The number of nitrogens with one attached hydrogen (secondary N) is 1. The van der Waals surface area contributed by atoms with Crippen LogP contribution in [0.5, 0.6) is 0 Å². The Bertz CT molecular complexity index is 419. The average molecular weight is 263 g/mol. The average Bonchev–Trinajstić information content (AvgIpc) is 2.38. The fraction of sp³-hybridized carbons (Fsp3) is 0.571. The molecule has 98 valence electrons. The molecule has 1 heterocycles. The van der Waals surface area contributed by atoms with E-state index in [-0.39, 0.29) is 0 Å². The Hall–Kier alpha value is -1.16. The topological polar surface area (TPSA) is 50.9 Å². The molecule has 0 saturated heterocycles. The zero-order valence-corrected chi connectivity index (χ0v) is 11.7. The van der Waals surface area contributed by atoms with Crippen LogP contribution in [0.25, 0.3) is 0 Å². The SMILES string of the molecule is CC1CCCCC1CNc1cnccc1C(N)=S. The monoisotopic (exact) mass is 263 g/mol. The predicted molar refractivity (Wildman–Crippen MR) is 79.7 cm³/mol. The standard InChI is InChI=1S/C14H21N3S/c1-10-4-2-3-5-11(10)8-17-13-9-16-7-6-12(13)14(15)18/h6-7,9-11,17H,2-5,8H2,1H3,(H2,15,18). The van der Waals surface area contributed by atoms with Gasteiger partial charge in [-0.2, -0.15) is 0 Å². The summed E-state index contributed by atoms with van der Waals surface area (Å²) in [4.78, 5) is 4.56. The molecule has 4 heteroatoms. The van der Waals surface area contributed by atoms with Crippen molar-refractivity contribution < 1.29 is 0 Å². The lowest BCUT2D eigenvalue weighted by atomic mass is 9.80. The lowest BCUT2D eigenvalue weighted by Gasteiger charge is -2.29. The Kier molecular flexibility index (Phi) is 4.53. The molecule has 2 rings (SSSR count). The van der Waals surface area contributed by atoms with Crippen molar-refractivity contribution in [2.45, 2.75) is 32.6 Å². The number of anilines is 1. The Morgan fingerprint density at radius 2 is 2.28 bits per heavy atom. The van der Waals surface area contributed by atoms with Crippen LogP contribution in [-0.2, 0) is 0 Å². The van der Waals surface area contributed by atoms with Gasteiger partial charge in [0.1, 0.15) is 4.99 Å². The fourth-order valence-electron chi connectivity index (χ4n) is 2.69. The molecule has 0 aliphatic heterocycles. The summed E-state index contributed by atoms with van der Waals surface area (Å²) in [6, 6.07) is 1.87. The first-order valence-electron chi connectivity index (χ1n) is 6.66. The van der Waals surface area contributed by atoms with E-state index in [0.717, 1.165) is 29.6 Å². The van der Waals surface area contributed by atoms with Crippen molar-refractivity contribution in [1.29, 1.82) is 0 Å². The van der Waals surface area contributed by atoms with Gasteiger partial charge in [0.05, 0.1) is 11.9 Å². The molecule has 3 N–H and O–H groups in total. The lowest BCUT2D eigenvalue weighted by Crippen LogP contribution is -2.25. The number of thiocarbonyl (C=S) groups is 1. The van der Waals surface area contributed by atoms with Gasteiger partial charge in [0, 0.05) is 18.3 Å². The number of rotatable bonds is 4. The van der Waals surface area contributed by atoms with Gasteiger partial charge in [-0.1, -0.05) is 38.4 Å². The molecule has 1 aromatic heterocycles. The van der Waals surface area contributed by atoms with E-state index in [0.29, 0.717) is 4.99 Å². The summed E-state index contributed by atoms with van der Waals surface area (Å²) in [6.45, 7) is 3.34. The number of nitrogens with zero attached hydrogens (tertiary/aromatic N) is 1. The van der Waals surface area contributed by atoms with Crippen LogP contribution in [0.2, 0.25) is 0 Å². The maximum absolute atomic E-state index is 5.71. The van der Waals surface area contributed by atoms with E-state index in [1.54, 1.807) is 6.20 Å². The minimum absolute atomic E-state index is 0.427. The molecule has 0 bridgehead atoms. The van der Waals surface area contributed by atoms with Crippen molar-refractivity contribution >= 4 is 22.9 Å². The maximum Gasteiger partial charge on any atom is 0.106 e. The highest BCUT2D eigenvalue weighted by atomic mass is 32.1. The van der Waals surface area contributed by atoms with Crippen LogP contribution in [-0.4, -0.2) is 16.5 Å². The number of pyridine rings is 1. The van der Waals surface area contributed by atoms with Gasteiger partial charge in [-0.05, 0) is 24.3 Å². The number of nitrogens with two attached hydrogens (primary N) is 1. The second kappa shape index (κ2) is 6.14. The van der Waals surface area contributed by atoms with Gasteiger partial charge in [0.2, 0.25) is 0 Å². The Morgan fingerprint density at radius 1 is 1.50 bits per heavy atom. The van der Waals surface area contributed by atoms with Crippen LogP contribution in [0.4, 0.5) is 5.69 Å². The van der Waals surface area contributed by atoms with Gasteiger partial charge in [-0.15, -0.1) is 0 Å². The maximum atomic E-state index is 5.71. The smallest absolute Gasteiger partial charge is 0.106 e. The summed E-state index contributed by atoms with van der Waals surface area (Å²) in [6.07, 6.45) is 8.93. The Morgan fingerprint density at radius 3 is 3.00 bits per heavy atom. The molecule has 0 amide bonds. The molecule has 1 aliphatic carbocycles. The van der Waals surface area contributed by atoms with Crippen molar-refractivity contribution in [3.05, 3.63) is 24.0 Å². The summed E-state index contributed by atoms with van der Waals surface area (Å²) in [5.74, 6) is 1.55. The van der Waals surface area contributed by atoms with Crippen molar-refractivity contribution in [2.24, 2.45) is 17.6 Å². The van der Waals surface area contributed by atoms with Crippen molar-refractivity contribution in [3.63, 3.8) is 0 Å². The van der Waals surface area contributed by atoms with Gasteiger partial charge in [-0.25, -0.2) is 0 Å². The molecule has 3 nitrogen and oxygen atoms in total. The van der Waals surface area contributed by atoms with Crippen LogP contribution in [0.15, 0.2) is 18.5 Å². The van der Waals surface area contributed by atoms with Crippen LogP contribution < -0.4 is 11.1 Å². The van der Waals surface area contributed by atoms with E-state index in [1.165, 1.54) is 25.7 Å². The van der Waals surface area contributed by atoms with Crippen LogP contribution in [0, 0.1) is 11.8 Å². The van der Waals surface area contributed by atoms with Gasteiger partial charge in [0.15, 0.2) is 0 Å². The van der Waals surface area contributed by atoms with E-state index in [1.807, 2.05) is 12.3 Å². The quantitative estimate of drug-likeness (QED) is 0.820. The molecular formula is C14H21N3S. The summed E-state index contributed by atoms with van der Waals surface area (Å²) < 4.78 is 0. The minimum atomic E-state index is 0.427. The summed E-state index contributed by atoms with van der Waals surface area (Å²) >= 11 is 5.05. The minimum Gasteiger partial charge on any atom is -0.389 e. The predicted octanol–water partition coefficient (Wildman–Crippen LogP) is 2.95. The van der Waals surface area contributed by atoms with Crippen LogP contribution >= 0.6 is 12.2 Å². The van der Waals surface area contributed by atoms with E-state index >= 15 is 0 Å². The van der Waals surface area contributed by atoms with Crippen molar-refractivity contribution in [3.8, 4) is 0 Å². The van der Waals surface area contributed by atoms with Gasteiger partial charge in [0.25, 0.3) is 0 Å². The molecule has 1 saturated carbocycles. The Balaban J connectivity index is 1.99. The van der Waals surface area contributed by atoms with Crippen molar-refractivity contribution in [2.75, 3.05) is 11.9 Å². The number of hydrogen-bond acceptors (Lipinski definition) is 3. The molecule has 0 radical (unpaired) electrons. The lowest BCUT2D eigenvalue weighted by molar-refractivity contribution is 0.268. The van der Waals surface area contributed by atoms with Gasteiger partial charge in [-0.3, -0.25) is 4.98 Å². The molecule has 1 fully saturated rings. The molecule has 1 aromatic rings. The first kappa shape index (κ1) is 13.3. The first-order chi connectivity index (χ1) is 8.68. The third-order valence-corrected chi connectivity index (χ3v) is 4.15. The highest BCUT2D eigenvalue weighted by molar-refractivity contribution is 7.80. The molecule has 18 heavy (non-hydrogen) atoms. The fourth-order valence-corrected chi connectivity index (χ4v) is 2.87. The van der Waals surface area contributed by atoms with Crippen molar-refractivity contribution in [1.82, 2.24) is 4.98 Å². The van der Waals surface area contributed by atoms with Gasteiger partial charge >= 0.3 is 0 Å². The summed E-state index contributed by atoms with van der Waals surface area (Å²) in [5, 5.41) is 3.46. The largest absolute Gasteiger partial charge is 0.389 e. The molecule has 1 aliphatic rings. The zero-order valence-electron chi connectivity index (χ0n) is 10.9.